The van der Waals surface area contributed by atoms with Crippen LogP contribution in [0.2, 0.25) is 0 Å². The molecule has 0 N–H and O–H groups in total. The Morgan fingerprint density at radius 2 is 2.04 bits per heavy atom. The minimum atomic E-state index is 0.0916. The number of carbonyl (C=O) groups excluding carboxylic acids is 1. The molecule has 2 heterocycles. The van der Waals surface area contributed by atoms with E-state index in [1.165, 1.54) is 11.1 Å². The minimum absolute atomic E-state index is 0.0916. The van der Waals surface area contributed by atoms with Crippen molar-refractivity contribution in [2.75, 3.05) is 20.4 Å². The van der Waals surface area contributed by atoms with Crippen LogP contribution in [0.4, 0.5) is 0 Å². The Hall–Kier alpha value is -2.69. The molecular weight excluding hydrogens is 330 g/mol. The highest BCUT2D eigenvalue weighted by molar-refractivity contribution is 5.77. The van der Waals surface area contributed by atoms with Crippen molar-refractivity contribution in [3.8, 4) is 17.2 Å². The third kappa shape index (κ3) is 3.09. The second-order valence-corrected chi connectivity index (χ2v) is 6.77. The Morgan fingerprint density at radius 1 is 1.19 bits per heavy atom. The second-order valence-electron chi connectivity index (χ2n) is 6.77. The number of amides is 1. The molecule has 2 aliphatic rings. The van der Waals surface area contributed by atoms with Gasteiger partial charge in [0, 0.05) is 13.0 Å². The van der Waals surface area contributed by atoms with Crippen LogP contribution in [0.15, 0.2) is 36.4 Å². The van der Waals surface area contributed by atoms with Crippen molar-refractivity contribution < 1.29 is 19.0 Å². The molecule has 0 radical (unpaired) electrons. The molecule has 2 aromatic carbocycles. The van der Waals surface area contributed by atoms with E-state index in [1.807, 2.05) is 29.2 Å². The van der Waals surface area contributed by atoms with Gasteiger partial charge in [-0.1, -0.05) is 12.1 Å². The van der Waals surface area contributed by atoms with Crippen LogP contribution >= 0.6 is 0 Å². The molecule has 0 saturated carbocycles. The molecule has 136 valence electrons. The van der Waals surface area contributed by atoms with Crippen LogP contribution in [0.1, 0.15) is 36.1 Å². The van der Waals surface area contributed by atoms with E-state index in [0.29, 0.717) is 12.8 Å². The summed E-state index contributed by atoms with van der Waals surface area (Å²) < 4.78 is 16.1. The Labute approximate surface area is 153 Å². The van der Waals surface area contributed by atoms with Crippen LogP contribution in [0.3, 0.4) is 0 Å². The number of benzene rings is 2. The number of fused-ring (bicyclic) bond motifs is 2. The SMILES string of the molecule is COc1ccc2c(c1)CCN(C(=O)CCc1ccc3c(c1)OCO3)C2C. The van der Waals surface area contributed by atoms with Crippen LogP contribution < -0.4 is 14.2 Å². The van der Waals surface area contributed by atoms with E-state index >= 15 is 0 Å². The zero-order valence-electron chi connectivity index (χ0n) is 15.2. The van der Waals surface area contributed by atoms with Crippen molar-refractivity contribution in [2.24, 2.45) is 0 Å². The maximum absolute atomic E-state index is 12.8. The second kappa shape index (κ2) is 6.90. The molecule has 0 saturated heterocycles. The van der Waals surface area contributed by atoms with Gasteiger partial charge < -0.3 is 19.1 Å². The fourth-order valence-corrected chi connectivity index (χ4v) is 3.77. The molecule has 2 aromatic rings. The number of nitrogens with zero attached hydrogens (tertiary/aromatic N) is 1. The molecule has 1 amide bonds. The minimum Gasteiger partial charge on any atom is -0.497 e. The predicted octanol–water partition coefficient (Wildman–Crippen LogP) is 3.50. The van der Waals surface area contributed by atoms with Gasteiger partial charge in [0.2, 0.25) is 12.7 Å². The topological polar surface area (TPSA) is 48.0 Å². The normalized spacial score (nSPS) is 17.8. The highest BCUT2D eigenvalue weighted by Gasteiger charge is 2.27. The quantitative estimate of drug-likeness (QED) is 0.844. The molecule has 0 aliphatic carbocycles. The zero-order chi connectivity index (χ0) is 18.1. The van der Waals surface area contributed by atoms with Crippen molar-refractivity contribution in [3.63, 3.8) is 0 Å². The maximum atomic E-state index is 12.8. The fraction of sp³-hybridized carbons (Fsp3) is 0.381. The van der Waals surface area contributed by atoms with Gasteiger partial charge in [-0.2, -0.15) is 0 Å². The number of aryl methyl sites for hydroxylation is 1. The highest BCUT2D eigenvalue weighted by atomic mass is 16.7. The van der Waals surface area contributed by atoms with Gasteiger partial charge in [0.1, 0.15) is 5.75 Å². The number of hydrogen-bond acceptors (Lipinski definition) is 4. The number of carbonyl (C=O) groups is 1. The molecule has 0 spiro atoms. The lowest BCUT2D eigenvalue weighted by molar-refractivity contribution is -0.133. The van der Waals surface area contributed by atoms with Crippen molar-refractivity contribution in [2.45, 2.75) is 32.2 Å². The fourth-order valence-electron chi connectivity index (χ4n) is 3.77. The molecule has 1 atom stereocenters. The summed E-state index contributed by atoms with van der Waals surface area (Å²) in [5.74, 6) is 2.61. The molecule has 0 fully saturated rings. The van der Waals surface area contributed by atoms with Crippen LogP contribution in [0.5, 0.6) is 17.2 Å². The molecule has 2 aliphatic heterocycles. The smallest absolute Gasteiger partial charge is 0.231 e. The van der Waals surface area contributed by atoms with Gasteiger partial charge in [0.15, 0.2) is 11.5 Å². The van der Waals surface area contributed by atoms with E-state index in [2.05, 4.69) is 19.1 Å². The highest BCUT2D eigenvalue weighted by Crippen LogP contribution is 2.34. The van der Waals surface area contributed by atoms with Gasteiger partial charge in [0.25, 0.3) is 0 Å². The van der Waals surface area contributed by atoms with E-state index in [4.69, 9.17) is 14.2 Å². The lowest BCUT2D eigenvalue weighted by Gasteiger charge is -2.35. The van der Waals surface area contributed by atoms with Crippen molar-refractivity contribution >= 4 is 5.91 Å². The van der Waals surface area contributed by atoms with Gasteiger partial charge in [-0.15, -0.1) is 0 Å². The first kappa shape index (κ1) is 16.8. The first-order chi connectivity index (χ1) is 12.7. The van der Waals surface area contributed by atoms with Gasteiger partial charge in [-0.05, 0) is 60.7 Å². The monoisotopic (exact) mass is 353 g/mol. The Bertz CT molecular complexity index is 833. The third-order valence-electron chi connectivity index (χ3n) is 5.27. The number of ether oxygens (including phenoxy) is 3. The van der Waals surface area contributed by atoms with Crippen LogP contribution in [-0.2, 0) is 17.6 Å². The molecule has 4 rings (SSSR count). The summed E-state index contributed by atoms with van der Waals surface area (Å²) in [7, 11) is 1.68. The number of hydrogen-bond donors (Lipinski definition) is 0. The van der Waals surface area contributed by atoms with Crippen LogP contribution in [-0.4, -0.2) is 31.3 Å². The lowest BCUT2D eigenvalue weighted by Crippen LogP contribution is -2.38. The van der Waals surface area contributed by atoms with E-state index in [1.54, 1.807) is 7.11 Å². The van der Waals surface area contributed by atoms with E-state index in [9.17, 15) is 4.79 Å². The summed E-state index contributed by atoms with van der Waals surface area (Å²) in [6, 6.07) is 12.1. The Kier molecular flexibility index (Phi) is 4.45. The summed E-state index contributed by atoms with van der Waals surface area (Å²) in [6.07, 6.45) is 2.07. The number of rotatable bonds is 4. The van der Waals surface area contributed by atoms with E-state index in [-0.39, 0.29) is 18.7 Å². The van der Waals surface area contributed by atoms with Gasteiger partial charge in [-0.25, -0.2) is 0 Å². The number of methoxy groups -OCH3 is 1. The summed E-state index contributed by atoms with van der Waals surface area (Å²) in [6.45, 7) is 3.12. The summed E-state index contributed by atoms with van der Waals surface area (Å²) in [5, 5.41) is 0. The summed E-state index contributed by atoms with van der Waals surface area (Å²) >= 11 is 0. The maximum Gasteiger partial charge on any atom is 0.231 e. The molecule has 5 nitrogen and oxygen atoms in total. The Balaban J connectivity index is 1.42. The average molecular weight is 353 g/mol. The summed E-state index contributed by atoms with van der Waals surface area (Å²) in [4.78, 5) is 14.8. The molecule has 1 unspecified atom stereocenters. The largest absolute Gasteiger partial charge is 0.497 e. The molecule has 26 heavy (non-hydrogen) atoms. The van der Waals surface area contributed by atoms with E-state index < -0.39 is 0 Å². The van der Waals surface area contributed by atoms with Gasteiger partial charge >= 0.3 is 0 Å². The molecule has 0 bridgehead atoms. The third-order valence-corrected chi connectivity index (χ3v) is 5.27. The first-order valence-corrected chi connectivity index (χ1v) is 9.00. The van der Waals surface area contributed by atoms with Gasteiger partial charge in [-0.3, -0.25) is 4.79 Å². The van der Waals surface area contributed by atoms with Gasteiger partial charge in [0.05, 0.1) is 13.2 Å². The zero-order valence-corrected chi connectivity index (χ0v) is 15.2. The molecular formula is C21H23NO4. The average Bonchev–Trinajstić information content (AvgIpc) is 3.14. The van der Waals surface area contributed by atoms with E-state index in [0.717, 1.165) is 35.8 Å². The predicted molar refractivity (Wildman–Crippen MR) is 97.7 cm³/mol. The van der Waals surface area contributed by atoms with Crippen molar-refractivity contribution in [1.29, 1.82) is 0 Å². The van der Waals surface area contributed by atoms with Crippen LogP contribution in [0.25, 0.3) is 0 Å². The lowest BCUT2D eigenvalue weighted by atomic mass is 9.93. The molecule has 0 aromatic heterocycles. The Morgan fingerprint density at radius 3 is 2.88 bits per heavy atom. The van der Waals surface area contributed by atoms with Crippen molar-refractivity contribution in [3.05, 3.63) is 53.1 Å². The standard InChI is InChI=1S/C21H23NO4/c1-14-18-6-5-17(24-2)12-16(18)9-10-22(14)21(23)8-4-15-3-7-19-20(11-15)26-13-25-19/h3,5-7,11-12,14H,4,8-10,13H2,1-2H3. The van der Waals surface area contributed by atoms with Crippen LogP contribution in [0, 0.1) is 0 Å². The molecule has 5 heteroatoms. The van der Waals surface area contributed by atoms with Crippen molar-refractivity contribution in [1.82, 2.24) is 4.90 Å². The first-order valence-electron chi connectivity index (χ1n) is 9.00. The summed E-state index contributed by atoms with van der Waals surface area (Å²) in [5.41, 5.74) is 3.59.